The van der Waals surface area contributed by atoms with Crippen LogP contribution in [0.15, 0.2) is 48.5 Å². The highest BCUT2D eigenvalue weighted by Crippen LogP contribution is 2.18. The second-order valence-electron chi connectivity index (χ2n) is 4.89. The molecule has 0 aromatic heterocycles. The number of urea groups is 1. The molecular formula is C18H17N3O3. The third-order valence-electron chi connectivity index (χ3n) is 3.10. The van der Waals surface area contributed by atoms with Crippen LogP contribution in [0.25, 0.3) is 0 Å². The molecule has 6 heteroatoms. The van der Waals surface area contributed by atoms with Gasteiger partial charge in [-0.25, -0.2) is 4.79 Å². The van der Waals surface area contributed by atoms with Crippen LogP contribution in [0, 0.1) is 12.3 Å². The summed E-state index contributed by atoms with van der Waals surface area (Å²) >= 11 is 0. The van der Waals surface area contributed by atoms with Crippen molar-refractivity contribution >= 4 is 17.6 Å². The first-order valence-corrected chi connectivity index (χ1v) is 7.18. The first kappa shape index (κ1) is 16.9. The molecule has 4 N–H and O–H groups in total. The van der Waals surface area contributed by atoms with Crippen LogP contribution in [0.3, 0.4) is 0 Å². The molecule has 2 aromatic carbocycles. The summed E-state index contributed by atoms with van der Waals surface area (Å²) in [6.07, 6.45) is 5.15. The zero-order valence-corrected chi connectivity index (χ0v) is 12.9. The molecule has 122 valence electrons. The van der Waals surface area contributed by atoms with Crippen LogP contribution in [-0.2, 0) is 6.54 Å². The Morgan fingerprint density at radius 2 is 1.92 bits per heavy atom. The van der Waals surface area contributed by atoms with Gasteiger partial charge in [0.25, 0.3) is 5.91 Å². The van der Waals surface area contributed by atoms with Crippen molar-refractivity contribution < 1.29 is 14.3 Å². The van der Waals surface area contributed by atoms with E-state index in [9.17, 15) is 9.59 Å². The zero-order chi connectivity index (χ0) is 17.4. The van der Waals surface area contributed by atoms with Crippen molar-refractivity contribution in [1.82, 2.24) is 5.32 Å². The minimum atomic E-state index is -0.594. The van der Waals surface area contributed by atoms with Gasteiger partial charge in [-0.1, -0.05) is 24.1 Å². The first-order chi connectivity index (χ1) is 11.6. The van der Waals surface area contributed by atoms with Gasteiger partial charge in [0.05, 0.1) is 0 Å². The maximum absolute atomic E-state index is 12.2. The van der Waals surface area contributed by atoms with Crippen molar-refractivity contribution in [2.75, 3.05) is 11.9 Å². The summed E-state index contributed by atoms with van der Waals surface area (Å²) in [5.74, 6) is 2.71. The lowest BCUT2D eigenvalue weighted by Gasteiger charge is -2.08. The second kappa shape index (κ2) is 8.25. The lowest BCUT2D eigenvalue weighted by Crippen LogP contribution is -2.28. The molecule has 6 nitrogen and oxygen atoms in total. The molecule has 24 heavy (non-hydrogen) atoms. The minimum absolute atomic E-state index is 0.165. The Bertz CT molecular complexity index is 764. The number of ether oxygens (including phenoxy) is 1. The van der Waals surface area contributed by atoms with Crippen molar-refractivity contribution in [3.05, 3.63) is 59.7 Å². The van der Waals surface area contributed by atoms with E-state index in [2.05, 4.69) is 16.6 Å². The molecule has 0 aliphatic heterocycles. The number of anilines is 1. The molecule has 0 spiro atoms. The molecule has 0 radical (unpaired) electrons. The van der Waals surface area contributed by atoms with Crippen LogP contribution >= 0.6 is 0 Å². The van der Waals surface area contributed by atoms with Gasteiger partial charge in [-0.2, -0.15) is 0 Å². The number of terminal acetylenes is 1. The number of amides is 3. The van der Waals surface area contributed by atoms with E-state index in [4.69, 9.17) is 16.9 Å². The Morgan fingerprint density at radius 3 is 2.58 bits per heavy atom. The van der Waals surface area contributed by atoms with Crippen molar-refractivity contribution in [1.29, 1.82) is 0 Å². The van der Waals surface area contributed by atoms with E-state index in [1.807, 2.05) is 0 Å². The monoisotopic (exact) mass is 323 g/mol. The maximum Gasteiger partial charge on any atom is 0.312 e. The summed E-state index contributed by atoms with van der Waals surface area (Å²) < 4.78 is 5.31. The highest BCUT2D eigenvalue weighted by atomic mass is 16.5. The van der Waals surface area contributed by atoms with Gasteiger partial charge in [0.1, 0.15) is 12.4 Å². The van der Waals surface area contributed by atoms with Gasteiger partial charge < -0.3 is 21.1 Å². The Labute approximate surface area is 140 Å². The molecule has 0 fully saturated rings. The molecule has 0 heterocycles. The second-order valence-corrected chi connectivity index (χ2v) is 4.89. The highest BCUT2D eigenvalue weighted by molar-refractivity contribution is 6.04. The number of rotatable bonds is 6. The summed E-state index contributed by atoms with van der Waals surface area (Å²) in [6, 6.07) is 13.2. The predicted molar refractivity (Wildman–Crippen MR) is 91.6 cm³/mol. The molecule has 2 rings (SSSR count). The average molecular weight is 323 g/mol. The van der Waals surface area contributed by atoms with E-state index in [1.165, 1.54) is 0 Å². The van der Waals surface area contributed by atoms with Crippen LogP contribution in [0.4, 0.5) is 10.5 Å². The zero-order valence-electron chi connectivity index (χ0n) is 12.9. The minimum Gasteiger partial charge on any atom is -0.481 e. The highest BCUT2D eigenvalue weighted by Gasteiger charge is 2.07. The molecule has 0 saturated heterocycles. The number of carbonyl (C=O) groups excluding carboxylic acids is 2. The SMILES string of the molecule is C#CCOc1cccc(NC(=O)c2ccc(CNC(N)=O)cc2)c1. The number of hydrogen-bond acceptors (Lipinski definition) is 3. The van der Waals surface area contributed by atoms with E-state index in [0.717, 1.165) is 5.56 Å². The molecule has 0 aliphatic rings. The van der Waals surface area contributed by atoms with Crippen LogP contribution in [-0.4, -0.2) is 18.5 Å². The number of primary amides is 1. The summed E-state index contributed by atoms with van der Waals surface area (Å²) in [6.45, 7) is 0.476. The van der Waals surface area contributed by atoms with E-state index < -0.39 is 6.03 Å². The smallest absolute Gasteiger partial charge is 0.312 e. The molecule has 0 saturated carbocycles. The number of benzene rings is 2. The van der Waals surface area contributed by atoms with Gasteiger partial charge in [0, 0.05) is 23.9 Å². The number of hydrogen-bond donors (Lipinski definition) is 3. The van der Waals surface area contributed by atoms with E-state index in [0.29, 0.717) is 23.5 Å². The third-order valence-corrected chi connectivity index (χ3v) is 3.10. The number of nitrogens with one attached hydrogen (secondary N) is 2. The Morgan fingerprint density at radius 1 is 1.17 bits per heavy atom. The van der Waals surface area contributed by atoms with Crippen molar-refractivity contribution in [2.24, 2.45) is 5.73 Å². The number of nitrogens with two attached hydrogens (primary N) is 1. The molecule has 2 aromatic rings. The lowest BCUT2D eigenvalue weighted by molar-refractivity contribution is 0.102. The van der Waals surface area contributed by atoms with Crippen molar-refractivity contribution in [3.63, 3.8) is 0 Å². The molecule has 0 unspecified atom stereocenters. The first-order valence-electron chi connectivity index (χ1n) is 7.18. The van der Waals surface area contributed by atoms with Gasteiger partial charge in [-0.3, -0.25) is 4.79 Å². The molecule has 0 atom stereocenters. The average Bonchev–Trinajstić information content (AvgIpc) is 2.59. The van der Waals surface area contributed by atoms with Gasteiger partial charge >= 0.3 is 6.03 Å². The fourth-order valence-electron chi connectivity index (χ4n) is 1.96. The summed E-state index contributed by atoms with van der Waals surface area (Å²) in [7, 11) is 0. The molecule has 0 bridgehead atoms. The van der Waals surface area contributed by atoms with Crippen LogP contribution < -0.4 is 21.1 Å². The standard InChI is InChI=1S/C18H17N3O3/c1-2-10-24-16-5-3-4-15(11-16)21-17(22)14-8-6-13(7-9-14)12-20-18(19)23/h1,3-9,11H,10,12H2,(H,21,22)(H3,19,20,23). The lowest BCUT2D eigenvalue weighted by atomic mass is 10.1. The van der Waals surface area contributed by atoms with Crippen LogP contribution in [0.2, 0.25) is 0 Å². The molecular weight excluding hydrogens is 306 g/mol. The molecule has 0 aliphatic carbocycles. The quantitative estimate of drug-likeness (QED) is 0.711. The van der Waals surface area contributed by atoms with E-state index in [1.54, 1.807) is 48.5 Å². The fraction of sp³-hybridized carbons (Fsp3) is 0.111. The van der Waals surface area contributed by atoms with E-state index in [-0.39, 0.29) is 12.5 Å². The van der Waals surface area contributed by atoms with Gasteiger partial charge in [-0.15, -0.1) is 6.42 Å². The Kier molecular flexibility index (Phi) is 5.81. The summed E-state index contributed by atoms with van der Waals surface area (Å²) in [4.78, 5) is 22.9. The Hall–Kier alpha value is -3.46. The van der Waals surface area contributed by atoms with Crippen LogP contribution in [0.5, 0.6) is 5.75 Å². The largest absolute Gasteiger partial charge is 0.481 e. The molecule has 3 amide bonds. The summed E-state index contributed by atoms with van der Waals surface area (Å²) in [5.41, 5.74) is 6.95. The summed E-state index contributed by atoms with van der Waals surface area (Å²) in [5, 5.41) is 5.27. The number of carbonyl (C=O) groups is 2. The van der Waals surface area contributed by atoms with Crippen molar-refractivity contribution in [3.8, 4) is 18.1 Å². The topological polar surface area (TPSA) is 93.4 Å². The normalized spacial score (nSPS) is 9.62. The predicted octanol–water partition coefficient (Wildman–Crippen LogP) is 2.12. The fourth-order valence-corrected chi connectivity index (χ4v) is 1.96. The van der Waals surface area contributed by atoms with Gasteiger partial charge in [-0.05, 0) is 29.8 Å². The Balaban J connectivity index is 1.99. The van der Waals surface area contributed by atoms with Gasteiger partial charge in [0.15, 0.2) is 0 Å². The maximum atomic E-state index is 12.2. The van der Waals surface area contributed by atoms with Crippen molar-refractivity contribution in [2.45, 2.75) is 6.54 Å². The van der Waals surface area contributed by atoms with Gasteiger partial charge in [0.2, 0.25) is 0 Å². The van der Waals surface area contributed by atoms with Crippen LogP contribution in [0.1, 0.15) is 15.9 Å². The van der Waals surface area contributed by atoms with E-state index >= 15 is 0 Å². The third kappa shape index (κ3) is 5.07.